The zero-order chi connectivity index (χ0) is 7.56. The van der Waals surface area contributed by atoms with Gasteiger partial charge in [-0.1, -0.05) is 24.9 Å². The maximum atomic E-state index is 12.7. The molecule has 0 radical (unpaired) electrons. The molecule has 0 aliphatic heterocycles. The van der Waals surface area contributed by atoms with Gasteiger partial charge >= 0.3 is 0 Å². The third-order valence-electron chi connectivity index (χ3n) is 1.98. The minimum Gasteiger partial charge on any atom is -0.243 e. The summed E-state index contributed by atoms with van der Waals surface area (Å²) in [5.74, 6) is 0.465. The minimum atomic E-state index is -0.800. The molecular weight excluding hydrogens is 151 g/mol. The van der Waals surface area contributed by atoms with E-state index in [2.05, 4.69) is 6.92 Å². The lowest BCUT2D eigenvalue weighted by Crippen LogP contribution is -2.12. The number of hydrogen-bond donors (Lipinski definition) is 0. The van der Waals surface area contributed by atoms with Gasteiger partial charge in [-0.3, -0.25) is 0 Å². The Labute approximate surface area is 66.1 Å². The van der Waals surface area contributed by atoms with Gasteiger partial charge in [0.1, 0.15) is 6.17 Å². The summed E-state index contributed by atoms with van der Waals surface area (Å²) in [5, 5.41) is 0.700. The second-order valence-corrected chi connectivity index (χ2v) is 3.33. The average Bonchev–Trinajstić information content (AvgIpc) is 1.85. The first-order chi connectivity index (χ1) is 4.72. The first-order valence-electron chi connectivity index (χ1n) is 3.72. The average molecular weight is 163 g/mol. The molecule has 0 heterocycles. The molecule has 0 amide bonds. The second-order valence-electron chi connectivity index (χ2n) is 2.84. The highest BCUT2D eigenvalue weighted by molar-refractivity contribution is 6.29. The van der Waals surface area contributed by atoms with Crippen LogP contribution in [0.1, 0.15) is 26.2 Å². The van der Waals surface area contributed by atoms with Gasteiger partial charge in [0.2, 0.25) is 0 Å². The van der Waals surface area contributed by atoms with Crippen LogP contribution in [0.5, 0.6) is 0 Å². The van der Waals surface area contributed by atoms with Gasteiger partial charge in [0.05, 0.1) is 0 Å². The van der Waals surface area contributed by atoms with E-state index in [1.54, 1.807) is 0 Å². The standard InChI is InChI=1S/C8H12ClF/c1-2-6-3-7(9)5-8(10)4-6/h5-6,8H,2-4H2,1H3. The Morgan fingerprint density at radius 2 is 2.50 bits per heavy atom. The van der Waals surface area contributed by atoms with Gasteiger partial charge in [0.15, 0.2) is 0 Å². The maximum absolute atomic E-state index is 12.7. The van der Waals surface area contributed by atoms with Crippen LogP contribution in [-0.4, -0.2) is 6.17 Å². The van der Waals surface area contributed by atoms with Gasteiger partial charge in [-0.25, -0.2) is 4.39 Å². The molecule has 1 aliphatic rings. The SMILES string of the molecule is CCC1CC(Cl)=CC(F)C1. The van der Waals surface area contributed by atoms with Crippen molar-refractivity contribution in [3.05, 3.63) is 11.1 Å². The van der Waals surface area contributed by atoms with E-state index in [1.165, 1.54) is 6.08 Å². The Kier molecular flexibility index (Phi) is 2.72. The predicted molar refractivity (Wildman–Crippen MR) is 41.8 cm³/mol. The fourth-order valence-electron chi connectivity index (χ4n) is 1.32. The van der Waals surface area contributed by atoms with Crippen molar-refractivity contribution < 1.29 is 4.39 Å². The molecule has 10 heavy (non-hydrogen) atoms. The van der Waals surface area contributed by atoms with Gasteiger partial charge in [0.25, 0.3) is 0 Å². The quantitative estimate of drug-likeness (QED) is 0.555. The van der Waals surface area contributed by atoms with Crippen LogP contribution in [0, 0.1) is 5.92 Å². The lowest BCUT2D eigenvalue weighted by molar-refractivity contribution is 0.296. The molecule has 0 spiro atoms. The molecule has 0 aromatic heterocycles. The fraction of sp³-hybridized carbons (Fsp3) is 0.750. The van der Waals surface area contributed by atoms with Crippen LogP contribution >= 0.6 is 11.6 Å². The van der Waals surface area contributed by atoms with Gasteiger partial charge in [0, 0.05) is 5.03 Å². The minimum absolute atomic E-state index is 0.465. The third-order valence-corrected chi connectivity index (χ3v) is 2.26. The number of rotatable bonds is 1. The molecule has 0 saturated heterocycles. The van der Waals surface area contributed by atoms with E-state index in [1.807, 2.05) is 0 Å². The highest BCUT2D eigenvalue weighted by atomic mass is 35.5. The normalized spacial score (nSPS) is 33.7. The summed E-state index contributed by atoms with van der Waals surface area (Å²) in [6.45, 7) is 2.08. The fourth-order valence-corrected chi connectivity index (χ4v) is 1.68. The van der Waals surface area contributed by atoms with E-state index in [4.69, 9.17) is 11.6 Å². The van der Waals surface area contributed by atoms with Crippen molar-refractivity contribution in [3.8, 4) is 0 Å². The van der Waals surface area contributed by atoms with Crippen LogP contribution in [0.15, 0.2) is 11.1 Å². The van der Waals surface area contributed by atoms with Crippen LogP contribution in [0.3, 0.4) is 0 Å². The lowest BCUT2D eigenvalue weighted by atomic mass is 9.91. The van der Waals surface area contributed by atoms with E-state index < -0.39 is 6.17 Å². The molecule has 0 fully saturated rings. The number of halogens is 2. The van der Waals surface area contributed by atoms with E-state index in [0.29, 0.717) is 17.4 Å². The van der Waals surface area contributed by atoms with Crippen LogP contribution in [-0.2, 0) is 0 Å². The Bertz CT molecular complexity index is 142. The van der Waals surface area contributed by atoms with E-state index in [0.717, 1.165) is 12.8 Å². The summed E-state index contributed by atoms with van der Waals surface area (Å²) in [7, 11) is 0. The Morgan fingerprint density at radius 1 is 1.80 bits per heavy atom. The predicted octanol–water partition coefficient (Wildman–Crippen LogP) is 3.27. The largest absolute Gasteiger partial charge is 0.243 e. The van der Waals surface area contributed by atoms with E-state index >= 15 is 0 Å². The van der Waals surface area contributed by atoms with Gasteiger partial charge in [-0.2, -0.15) is 0 Å². The van der Waals surface area contributed by atoms with Crippen molar-refractivity contribution >= 4 is 11.6 Å². The zero-order valence-electron chi connectivity index (χ0n) is 6.11. The Morgan fingerprint density at radius 3 is 3.00 bits per heavy atom. The molecular formula is C8H12ClF. The smallest absolute Gasteiger partial charge is 0.120 e. The summed E-state index contributed by atoms with van der Waals surface area (Å²) < 4.78 is 12.7. The van der Waals surface area contributed by atoms with Gasteiger partial charge in [-0.05, 0) is 24.8 Å². The highest BCUT2D eigenvalue weighted by Gasteiger charge is 2.19. The van der Waals surface area contributed by atoms with E-state index in [9.17, 15) is 4.39 Å². The van der Waals surface area contributed by atoms with Crippen molar-refractivity contribution in [2.45, 2.75) is 32.4 Å². The summed E-state index contributed by atoms with van der Waals surface area (Å²) in [4.78, 5) is 0. The Hall–Kier alpha value is -0.0400. The molecule has 58 valence electrons. The molecule has 0 aromatic carbocycles. The summed E-state index contributed by atoms with van der Waals surface area (Å²) in [5.41, 5.74) is 0. The van der Waals surface area contributed by atoms with Crippen LogP contribution in [0.25, 0.3) is 0 Å². The molecule has 0 bridgehead atoms. The number of allylic oxidation sites excluding steroid dienone is 2. The van der Waals surface area contributed by atoms with Crippen LogP contribution in [0.2, 0.25) is 0 Å². The molecule has 2 atom stereocenters. The van der Waals surface area contributed by atoms with E-state index in [-0.39, 0.29) is 0 Å². The van der Waals surface area contributed by atoms with Crippen LogP contribution in [0.4, 0.5) is 4.39 Å². The molecule has 0 saturated carbocycles. The molecule has 2 unspecified atom stereocenters. The first kappa shape index (κ1) is 8.06. The third kappa shape index (κ3) is 1.98. The molecule has 0 N–H and O–H groups in total. The zero-order valence-corrected chi connectivity index (χ0v) is 6.87. The summed E-state index contributed by atoms with van der Waals surface area (Å²) >= 11 is 5.71. The molecule has 1 aliphatic carbocycles. The summed E-state index contributed by atoms with van der Waals surface area (Å²) in [6.07, 6.45) is 3.29. The Balaban J connectivity index is 2.52. The molecule has 0 nitrogen and oxygen atoms in total. The molecule has 1 rings (SSSR count). The highest BCUT2D eigenvalue weighted by Crippen LogP contribution is 2.29. The summed E-state index contributed by atoms with van der Waals surface area (Å²) in [6, 6.07) is 0. The monoisotopic (exact) mass is 162 g/mol. The topological polar surface area (TPSA) is 0 Å². The van der Waals surface area contributed by atoms with Gasteiger partial charge in [-0.15, -0.1) is 0 Å². The lowest BCUT2D eigenvalue weighted by Gasteiger charge is -2.20. The number of hydrogen-bond acceptors (Lipinski definition) is 0. The number of alkyl halides is 1. The van der Waals surface area contributed by atoms with Crippen molar-refractivity contribution in [3.63, 3.8) is 0 Å². The van der Waals surface area contributed by atoms with Crippen molar-refractivity contribution in [1.82, 2.24) is 0 Å². The van der Waals surface area contributed by atoms with Crippen molar-refractivity contribution in [2.24, 2.45) is 5.92 Å². The van der Waals surface area contributed by atoms with Crippen molar-refractivity contribution in [2.75, 3.05) is 0 Å². The molecule has 0 aromatic rings. The molecule has 2 heteroatoms. The first-order valence-corrected chi connectivity index (χ1v) is 4.10. The van der Waals surface area contributed by atoms with Crippen molar-refractivity contribution in [1.29, 1.82) is 0 Å². The maximum Gasteiger partial charge on any atom is 0.120 e. The van der Waals surface area contributed by atoms with Crippen LogP contribution < -0.4 is 0 Å². The second kappa shape index (κ2) is 3.38. The van der Waals surface area contributed by atoms with Gasteiger partial charge < -0.3 is 0 Å².